The third kappa shape index (κ3) is 7.44. The van der Waals surface area contributed by atoms with Gasteiger partial charge in [-0.05, 0) is 6.04 Å². The van der Waals surface area contributed by atoms with Crippen molar-refractivity contribution in [2.24, 2.45) is 0 Å². The van der Waals surface area contributed by atoms with Crippen LogP contribution in [0.2, 0.25) is 25.7 Å². The van der Waals surface area contributed by atoms with Crippen molar-refractivity contribution >= 4 is 14.0 Å². The van der Waals surface area contributed by atoms with Crippen molar-refractivity contribution in [1.82, 2.24) is 14.8 Å². The second kappa shape index (κ2) is 7.77. The molecule has 0 N–H and O–H groups in total. The first-order valence-electron chi connectivity index (χ1n) is 5.07. The van der Waals surface area contributed by atoms with Crippen LogP contribution < -0.4 is 56.5 Å². The van der Waals surface area contributed by atoms with Gasteiger partial charge in [-0.1, -0.05) is 19.6 Å². The minimum absolute atomic E-state index is 0. The van der Waals surface area contributed by atoms with Gasteiger partial charge in [0.15, 0.2) is 5.82 Å². The molecule has 8 heteroatoms. The molecule has 0 radical (unpaired) electrons. The molecule has 6 nitrogen and oxygen atoms in total. The average Bonchev–Trinajstić information content (AvgIpc) is 2.59. The van der Waals surface area contributed by atoms with Gasteiger partial charge in [-0.25, -0.2) is 9.67 Å². The van der Waals surface area contributed by atoms with E-state index in [1.54, 1.807) is 0 Å². The number of carboxylic acids is 1. The van der Waals surface area contributed by atoms with Crippen molar-refractivity contribution in [1.29, 1.82) is 0 Å². The molecule has 0 saturated heterocycles. The quantitative estimate of drug-likeness (QED) is 0.409. The molecular weight excluding hydrogens is 265 g/mol. The molecule has 0 bridgehead atoms. The van der Waals surface area contributed by atoms with Gasteiger partial charge in [0.1, 0.15) is 19.0 Å². The zero-order valence-corrected chi connectivity index (χ0v) is 14.9. The summed E-state index contributed by atoms with van der Waals surface area (Å²) in [7, 11) is -1.08. The van der Waals surface area contributed by atoms with E-state index >= 15 is 0 Å². The van der Waals surface area contributed by atoms with Crippen LogP contribution in [0.4, 0.5) is 0 Å². The zero-order chi connectivity index (χ0) is 12.2. The van der Waals surface area contributed by atoms with Crippen molar-refractivity contribution < 1.29 is 66.0 Å². The normalized spacial score (nSPS) is 11.0. The molecule has 0 unspecified atom stereocenters. The van der Waals surface area contributed by atoms with E-state index in [2.05, 4.69) is 29.7 Å². The molecule has 1 aromatic rings. The summed E-state index contributed by atoms with van der Waals surface area (Å²) in [5, 5.41) is 14.1. The molecule has 0 spiro atoms. The number of ether oxygens (including phenoxy) is 1. The topological polar surface area (TPSA) is 80.1 Å². The van der Waals surface area contributed by atoms with Gasteiger partial charge >= 0.3 is 51.4 Å². The molecular formula is C9H16KN3O3Si. The molecule has 1 heterocycles. The standard InChI is InChI=1S/C9H17N3O3Si.K/c1-16(2,3)5-4-15-7-12-6-10-8(11-12)9(13)14;/h6H,4-5,7H2,1-3H3,(H,13,14);/q;+1/p-1. The SMILES string of the molecule is C[Si](C)(C)CCOCn1cnc(C(=O)[O-])n1.[K+]. The second-order valence-electron chi connectivity index (χ2n) is 4.74. The van der Waals surface area contributed by atoms with Crippen molar-refractivity contribution in [3.8, 4) is 0 Å². The van der Waals surface area contributed by atoms with Crippen LogP contribution in [0.15, 0.2) is 6.33 Å². The molecule has 0 aliphatic carbocycles. The Morgan fingerprint density at radius 2 is 2.18 bits per heavy atom. The second-order valence-corrected chi connectivity index (χ2v) is 10.4. The molecule has 0 aliphatic rings. The molecule has 0 amide bonds. The number of hydrogen-bond donors (Lipinski definition) is 0. The van der Waals surface area contributed by atoms with Gasteiger partial charge in [0.05, 0.1) is 0 Å². The first kappa shape index (κ1) is 17.4. The predicted molar refractivity (Wildman–Crippen MR) is 58.5 cm³/mol. The van der Waals surface area contributed by atoms with Crippen LogP contribution in [0, 0.1) is 0 Å². The van der Waals surface area contributed by atoms with Crippen LogP contribution >= 0.6 is 0 Å². The number of carbonyl (C=O) groups is 1. The number of aromatic carboxylic acids is 1. The largest absolute Gasteiger partial charge is 1.00 e. The molecule has 1 aromatic heterocycles. The molecule has 0 fully saturated rings. The predicted octanol–water partition coefficient (Wildman–Crippen LogP) is -3.04. The average molecular weight is 281 g/mol. The van der Waals surface area contributed by atoms with E-state index in [0.717, 1.165) is 6.04 Å². The molecule has 0 atom stereocenters. The van der Waals surface area contributed by atoms with Gasteiger partial charge in [-0.3, -0.25) is 0 Å². The van der Waals surface area contributed by atoms with E-state index in [1.807, 2.05) is 0 Å². The third-order valence-electron chi connectivity index (χ3n) is 1.94. The Morgan fingerprint density at radius 3 is 2.65 bits per heavy atom. The Hall–Kier alpha value is 0.423. The number of aromatic nitrogens is 3. The first-order valence-corrected chi connectivity index (χ1v) is 8.78. The smallest absolute Gasteiger partial charge is 0.541 e. The van der Waals surface area contributed by atoms with Gasteiger partial charge in [0, 0.05) is 14.7 Å². The summed E-state index contributed by atoms with van der Waals surface area (Å²) in [5.41, 5.74) is 0. The number of hydrogen-bond acceptors (Lipinski definition) is 5. The molecule has 90 valence electrons. The minimum atomic E-state index is -1.37. The summed E-state index contributed by atoms with van der Waals surface area (Å²) in [5.74, 6) is -1.69. The Kier molecular flexibility index (Phi) is 7.96. The van der Waals surface area contributed by atoms with Crippen molar-refractivity contribution in [2.75, 3.05) is 6.61 Å². The van der Waals surface area contributed by atoms with Crippen LogP contribution in [0.25, 0.3) is 0 Å². The Balaban J connectivity index is 0.00000256. The Morgan fingerprint density at radius 1 is 1.53 bits per heavy atom. The van der Waals surface area contributed by atoms with Crippen LogP contribution in [0.3, 0.4) is 0 Å². The van der Waals surface area contributed by atoms with Crippen LogP contribution in [0.5, 0.6) is 0 Å². The van der Waals surface area contributed by atoms with Gasteiger partial charge < -0.3 is 14.6 Å². The fourth-order valence-electron chi connectivity index (χ4n) is 0.987. The number of carboxylic acid groups (broad SMARTS) is 1. The zero-order valence-electron chi connectivity index (χ0n) is 10.8. The number of nitrogens with zero attached hydrogens (tertiary/aromatic N) is 3. The monoisotopic (exact) mass is 281 g/mol. The fraction of sp³-hybridized carbons (Fsp3) is 0.667. The Bertz CT molecular complexity index is 365. The van der Waals surface area contributed by atoms with Gasteiger partial charge in [-0.2, -0.15) is 0 Å². The fourth-order valence-corrected chi connectivity index (χ4v) is 1.74. The van der Waals surface area contributed by atoms with Crippen LogP contribution in [-0.2, 0) is 11.5 Å². The van der Waals surface area contributed by atoms with Crippen LogP contribution in [0.1, 0.15) is 10.6 Å². The first-order chi connectivity index (χ1) is 7.38. The maximum absolute atomic E-state index is 10.4. The molecule has 1 rings (SSSR count). The van der Waals surface area contributed by atoms with Crippen LogP contribution in [-0.4, -0.2) is 35.4 Å². The van der Waals surface area contributed by atoms with Crippen molar-refractivity contribution in [3.05, 3.63) is 12.2 Å². The number of carbonyl (C=O) groups excluding carboxylic acids is 1. The van der Waals surface area contributed by atoms with E-state index < -0.39 is 14.0 Å². The summed E-state index contributed by atoms with van der Waals surface area (Å²) >= 11 is 0. The summed E-state index contributed by atoms with van der Waals surface area (Å²) in [6, 6.07) is 1.06. The number of rotatable bonds is 6. The van der Waals surface area contributed by atoms with Gasteiger partial charge in [-0.15, -0.1) is 5.10 Å². The van der Waals surface area contributed by atoms with E-state index in [4.69, 9.17) is 4.74 Å². The van der Waals surface area contributed by atoms with Crippen molar-refractivity contribution in [2.45, 2.75) is 32.4 Å². The Labute approximate surface area is 144 Å². The van der Waals surface area contributed by atoms with Gasteiger partial charge in [0.2, 0.25) is 0 Å². The van der Waals surface area contributed by atoms with E-state index in [1.165, 1.54) is 11.0 Å². The van der Waals surface area contributed by atoms with Gasteiger partial charge in [0.25, 0.3) is 0 Å². The van der Waals surface area contributed by atoms with E-state index in [0.29, 0.717) is 6.61 Å². The van der Waals surface area contributed by atoms with Crippen molar-refractivity contribution in [3.63, 3.8) is 0 Å². The molecule has 17 heavy (non-hydrogen) atoms. The molecule has 0 aromatic carbocycles. The maximum Gasteiger partial charge on any atom is 1.00 e. The summed E-state index contributed by atoms with van der Waals surface area (Å²) < 4.78 is 6.71. The summed E-state index contributed by atoms with van der Waals surface area (Å²) in [6.07, 6.45) is 1.32. The summed E-state index contributed by atoms with van der Waals surface area (Å²) in [6.45, 7) is 7.68. The maximum atomic E-state index is 10.4. The van der Waals surface area contributed by atoms with E-state index in [9.17, 15) is 9.90 Å². The third-order valence-corrected chi connectivity index (χ3v) is 3.64. The molecule has 0 aliphatic heterocycles. The molecule has 0 saturated carbocycles. The summed E-state index contributed by atoms with van der Waals surface area (Å²) in [4.78, 5) is 14.0. The van der Waals surface area contributed by atoms with E-state index in [-0.39, 0.29) is 63.9 Å². The minimum Gasteiger partial charge on any atom is -0.541 e.